The van der Waals surface area contributed by atoms with Crippen molar-refractivity contribution in [1.82, 2.24) is 15.5 Å². The van der Waals surface area contributed by atoms with E-state index in [2.05, 4.69) is 41.8 Å². The Morgan fingerprint density at radius 1 is 1.20 bits per heavy atom. The zero-order valence-corrected chi connectivity index (χ0v) is 15.1. The average molecular weight is 361 g/mol. The Morgan fingerprint density at radius 2 is 1.88 bits per heavy atom. The van der Waals surface area contributed by atoms with Gasteiger partial charge in [0.1, 0.15) is 6.04 Å². The molecule has 1 aromatic rings. The van der Waals surface area contributed by atoms with E-state index in [0.717, 1.165) is 25.9 Å². The topological polar surface area (TPSA) is 78.5 Å². The van der Waals surface area contributed by atoms with Gasteiger partial charge in [-0.2, -0.15) is 0 Å². The van der Waals surface area contributed by atoms with E-state index in [-0.39, 0.29) is 18.2 Å². The van der Waals surface area contributed by atoms with Gasteiger partial charge in [0.25, 0.3) is 5.91 Å². The Hall–Kier alpha value is -2.02. The second-order valence-corrected chi connectivity index (χ2v) is 7.94. The summed E-state index contributed by atoms with van der Waals surface area (Å²) >= 11 is 1.88. The van der Waals surface area contributed by atoms with Crippen LogP contribution in [0.5, 0.6) is 0 Å². The maximum absolute atomic E-state index is 12.3. The minimum absolute atomic E-state index is 0.0627. The third-order valence-corrected chi connectivity index (χ3v) is 5.97. The Kier molecular flexibility index (Phi) is 5.63. The molecule has 1 aromatic carbocycles. The first-order chi connectivity index (χ1) is 12.0. The number of rotatable bonds is 5. The Balaban J connectivity index is 1.41. The van der Waals surface area contributed by atoms with Crippen LogP contribution >= 0.6 is 11.8 Å². The molecule has 0 aliphatic carbocycles. The van der Waals surface area contributed by atoms with Crippen LogP contribution in [-0.4, -0.2) is 47.1 Å². The Labute approximate surface area is 151 Å². The molecule has 2 saturated heterocycles. The molecule has 2 aliphatic heterocycles. The molecule has 0 spiro atoms. The van der Waals surface area contributed by atoms with Gasteiger partial charge in [0.2, 0.25) is 5.91 Å². The number of hydrogen-bond donors (Lipinski definition) is 2. The number of aryl methyl sites for hydroxylation is 1. The van der Waals surface area contributed by atoms with Crippen molar-refractivity contribution in [2.24, 2.45) is 0 Å². The van der Waals surface area contributed by atoms with Crippen LogP contribution in [0.1, 0.15) is 31.2 Å². The van der Waals surface area contributed by atoms with Gasteiger partial charge in [0, 0.05) is 29.7 Å². The summed E-state index contributed by atoms with van der Waals surface area (Å²) in [6, 6.07) is 7.50. The molecule has 1 atom stereocenters. The minimum atomic E-state index is -0.578. The van der Waals surface area contributed by atoms with Crippen LogP contribution in [-0.2, 0) is 9.59 Å². The van der Waals surface area contributed by atoms with Crippen molar-refractivity contribution in [1.29, 1.82) is 0 Å². The van der Waals surface area contributed by atoms with Gasteiger partial charge in [-0.3, -0.25) is 14.9 Å². The Morgan fingerprint density at radius 3 is 2.48 bits per heavy atom. The van der Waals surface area contributed by atoms with E-state index in [9.17, 15) is 14.4 Å². The van der Waals surface area contributed by atoms with Crippen molar-refractivity contribution in [2.75, 3.05) is 13.1 Å². The van der Waals surface area contributed by atoms with Crippen molar-refractivity contribution in [3.05, 3.63) is 29.8 Å². The normalized spacial score (nSPS) is 21.2. The quantitative estimate of drug-likeness (QED) is 0.787. The number of hydrogen-bond acceptors (Lipinski definition) is 4. The second kappa shape index (κ2) is 7.91. The van der Waals surface area contributed by atoms with E-state index >= 15 is 0 Å². The molecular weight excluding hydrogens is 338 g/mol. The first-order valence-electron chi connectivity index (χ1n) is 8.64. The van der Waals surface area contributed by atoms with Crippen molar-refractivity contribution in [2.45, 2.75) is 48.8 Å². The summed E-state index contributed by atoms with van der Waals surface area (Å²) < 4.78 is 0. The highest BCUT2D eigenvalue weighted by molar-refractivity contribution is 8.00. The van der Waals surface area contributed by atoms with Crippen LogP contribution in [0.25, 0.3) is 0 Å². The fourth-order valence-electron chi connectivity index (χ4n) is 3.12. The summed E-state index contributed by atoms with van der Waals surface area (Å²) in [6.07, 6.45) is 2.60. The third kappa shape index (κ3) is 4.75. The zero-order valence-electron chi connectivity index (χ0n) is 14.3. The monoisotopic (exact) mass is 361 g/mol. The molecule has 0 unspecified atom stereocenters. The number of thioether (sulfide) groups is 1. The summed E-state index contributed by atoms with van der Waals surface area (Å²) in [5.41, 5.74) is 1.26. The second-order valence-electron chi connectivity index (χ2n) is 6.57. The molecule has 0 saturated carbocycles. The average Bonchev–Trinajstić information content (AvgIpc) is 2.93. The van der Waals surface area contributed by atoms with Gasteiger partial charge >= 0.3 is 6.03 Å². The van der Waals surface area contributed by atoms with E-state index in [1.807, 2.05) is 16.7 Å². The molecule has 134 valence electrons. The largest absolute Gasteiger partial charge is 0.343 e. The van der Waals surface area contributed by atoms with E-state index in [0.29, 0.717) is 11.7 Å². The van der Waals surface area contributed by atoms with Crippen LogP contribution in [0.3, 0.4) is 0 Å². The van der Waals surface area contributed by atoms with E-state index in [1.165, 1.54) is 10.5 Å². The SMILES string of the molecule is Cc1ccc(SC2CCN(C(=O)CC[C@H]3NC(=O)NC3=O)CC2)cc1. The lowest BCUT2D eigenvalue weighted by Crippen LogP contribution is -2.40. The van der Waals surface area contributed by atoms with Gasteiger partial charge in [-0.1, -0.05) is 17.7 Å². The molecule has 2 aliphatic rings. The van der Waals surface area contributed by atoms with Crippen molar-refractivity contribution < 1.29 is 14.4 Å². The molecule has 2 heterocycles. The summed E-state index contributed by atoms with van der Waals surface area (Å²) in [5.74, 6) is -0.279. The van der Waals surface area contributed by atoms with E-state index < -0.39 is 12.1 Å². The van der Waals surface area contributed by atoms with Crippen LogP contribution in [0.2, 0.25) is 0 Å². The highest BCUT2D eigenvalue weighted by Crippen LogP contribution is 2.30. The summed E-state index contributed by atoms with van der Waals surface area (Å²) in [6.45, 7) is 3.59. The first kappa shape index (κ1) is 17.8. The van der Waals surface area contributed by atoms with Gasteiger partial charge in [0.15, 0.2) is 0 Å². The summed E-state index contributed by atoms with van der Waals surface area (Å²) in [4.78, 5) is 38.0. The maximum atomic E-state index is 12.3. The molecule has 4 amide bonds. The van der Waals surface area contributed by atoms with E-state index in [1.54, 1.807) is 0 Å². The van der Waals surface area contributed by atoms with Gasteiger partial charge in [-0.15, -0.1) is 11.8 Å². The summed E-state index contributed by atoms with van der Waals surface area (Å²) in [7, 11) is 0. The fraction of sp³-hybridized carbons (Fsp3) is 0.500. The number of carbonyl (C=O) groups excluding carboxylic acids is 3. The number of imide groups is 1. The van der Waals surface area contributed by atoms with Gasteiger partial charge in [-0.05, 0) is 38.3 Å². The van der Waals surface area contributed by atoms with Gasteiger partial charge < -0.3 is 10.2 Å². The number of urea groups is 1. The molecule has 0 radical (unpaired) electrons. The fourth-order valence-corrected chi connectivity index (χ4v) is 4.25. The number of piperidine rings is 1. The predicted molar refractivity (Wildman–Crippen MR) is 96.3 cm³/mol. The van der Waals surface area contributed by atoms with Crippen molar-refractivity contribution >= 4 is 29.6 Å². The van der Waals surface area contributed by atoms with Crippen LogP contribution in [0, 0.1) is 6.92 Å². The smallest absolute Gasteiger partial charge is 0.322 e. The molecular formula is C18H23N3O3S. The molecule has 25 heavy (non-hydrogen) atoms. The number of nitrogens with one attached hydrogen (secondary N) is 2. The molecule has 3 rings (SSSR count). The molecule has 6 nitrogen and oxygen atoms in total. The molecule has 0 bridgehead atoms. The third-order valence-electron chi connectivity index (χ3n) is 4.62. The maximum Gasteiger partial charge on any atom is 0.322 e. The zero-order chi connectivity index (χ0) is 17.8. The van der Waals surface area contributed by atoms with Crippen LogP contribution in [0.15, 0.2) is 29.2 Å². The van der Waals surface area contributed by atoms with Crippen molar-refractivity contribution in [3.8, 4) is 0 Å². The highest BCUT2D eigenvalue weighted by atomic mass is 32.2. The molecule has 2 N–H and O–H groups in total. The van der Waals surface area contributed by atoms with Gasteiger partial charge in [0.05, 0.1) is 0 Å². The minimum Gasteiger partial charge on any atom is -0.343 e. The van der Waals surface area contributed by atoms with Crippen molar-refractivity contribution in [3.63, 3.8) is 0 Å². The molecule has 7 heteroatoms. The number of carbonyl (C=O) groups is 3. The Bertz CT molecular complexity index is 654. The molecule has 2 fully saturated rings. The standard InChI is InChI=1S/C18H23N3O3S/c1-12-2-4-13(5-3-12)25-14-8-10-21(11-9-14)16(22)7-6-15-17(23)20-18(24)19-15/h2-5,14-15H,6-11H2,1H3,(H2,19,20,23,24)/t15-/m1/s1. The summed E-state index contributed by atoms with van der Waals surface area (Å²) in [5, 5.41) is 5.25. The highest BCUT2D eigenvalue weighted by Gasteiger charge is 2.30. The number of nitrogens with zero attached hydrogens (tertiary/aromatic N) is 1. The lowest BCUT2D eigenvalue weighted by Gasteiger charge is -2.32. The number of amides is 4. The van der Waals surface area contributed by atoms with Crippen LogP contribution < -0.4 is 10.6 Å². The molecule has 0 aromatic heterocycles. The number of likely N-dealkylation sites (tertiary alicyclic amines) is 1. The lowest BCUT2D eigenvalue weighted by molar-refractivity contribution is -0.132. The first-order valence-corrected chi connectivity index (χ1v) is 9.51. The number of benzene rings is 1. The lowest BCUT2D eigenvalue weighted by atomic mass is 10.1. The van der Waals surface area contributed by atoms with Crippen LogP contribution in [0.4, 0.5) is 4.79 Å². The predicted octanol–water partition coefficient (Wildman–Crippen LogP) is 2.07. The van der Waals surface area contributed by atoms with E-state index in [4.69, 9.17) is 0 Å². The van der Waals surface area contributed by atoms with Gasteiger partial charge in [-0.25, -0.2) is 4.79 Å².